The van der Waals surface area contributed by atoms with E-state index in [0.717, 1.165) is 38.9 Å². The molecule has 2 aliphatic rings. The number of hydrogen-bond acceptors (Lipinski definition) is 3. The van der Waals surface area contributed by atoms with Crippen LogP contribution in [0.2, 0.25) is 0 Å². The van der Waals surface area contributed by atoms with Crippen molar-refractivity contribution in [1.29, 1.82) is 0 Å². The lowest BCUT2D eigenvalue weighted by atomic mass is 9.68. The minimum atomic E-state index is 0.188. The van der Waals surface area contributed by atoms with Crippen LogP contribution >= 0.6 is 0 Å². The van der Waals surface area contributed by atoms with E-state index in [-0.39, 0.29) is 5.41 Å². The van der Waals surface area contributed by atoms with Crippen LogP contribution in [0.5, 0.6) is 0 Å². The molecule has 0 amide bonds. The molecule has 0 saturated heterocycles. The van der Waals surface area contributed by atoms with E-state index < -0.39 is 0 Å². The van der Waals surface area contributed by atoms with Gasteiger partial charge in [0.05, 0.1) is 0 Å². The highest BCUT2D eigenvalue weighted by molar-refractivity contribution is 6.07. The maximum atomic E-state index is 6.36. The van der Waals surface area contributed by atoms with Crippen LogP contribution in [0.15, 0.2) is 126 Å². The van der Waals surface area contributed by atoms with Crippen molar-refractivity contribution in [2.45, 2.75) is 37.5 Å². The molecule has 0 radical (unpaired) electrons. The third-order valence-electron chi connectivity index (χ3n) is 9.72. The zero-order valence-electron chi connectivity index (χ0n) is 23.9. The van der Waals surface area contributed by atoms with Crippen molar-refractivity contribution in [2.75, 3.05) is 0 Å². The van der Waals surface area contributed by atoms with Gasteiger partial charge in [0.2, 0.25) is 0 Å². The predicted octanol–water partition coefficient (Wildman–Crippen LogP) is 10.6. The van der Waals surface area contributed by atoms with E-state index in [0.29, 0.717) is 5.82 Å². The third-order valence-corrected chi connectivity index (χ3v) is 9.72. The molecule has 1 spiro atoms. The van der Waals surface area contributed by atoms with Crippen LogP contribution in [0.4, 0.5) is 0 Å². The Hall–Kier alpha value is -5.02. The van der Waals surface area contributed by atoms with Crippen molar-refractivity contribution < 1.29 is 4.42 Å². The Labute approximate surface area is 250 Å². The molecule has 5 aromatic carbocycles. The van der Waals surface area contributed by atoms with Gasteiger partial charge in [-0.25, -0.2) is 9.97 Å². The van der Waals surface area contributed by atoms with Gasteiger partial charge in [0, 0.05) is 21.9 Å². The lowest BCUT2D eigenvalue weighted by Gasteiger charge is -2.36. The first-order valence-corrected chi connectivity index (χ1v) is 15.4. The predicted molar refractivity (Wildman–Crippen MR) is 175 cm³/mol. The van der Waals surface area contributed by atoms with Crippen molar-refractivity contribution in [3.8, 4) is 44.9 Å². The zero-order chi connectivity index (χ0) is 28.4. The van der Waals surface area contributed by atoms with Gasteiger partial charge in [-0.15, -0.1) is 0 Å². The van der Waals surface area contributed by atoms with E-state index in [1.165, 1.54) is 65.5 Å². The number of aromatic nitrogens is 2. The average Bonchev–Trinajstić information content (AvgIpc) is 3.59. The summed E-state index contributed by atoms with van der Waals surface area (Å²) in [5.74, 6) is 0.702. The smallest absolute Gasteiger partial charge is 0.180 e. The summed E-state index contributed by atoms with van der Waals surface area (Å²) in [5, 5.41) is 1.00. The molecular weight excluding hydrogens is 524 g/mol. The molecule has 2 aliphatic carbocycles. The number of hydrogen-bond donors (Lipinski definition) is 0. The molecule has 1 saturated carbocycles. The standard InChI is InChI=1S/C40H30N2O/c1-3-11-28(12-4-1)39-41-36(38-37(42-39)31-14-6-8-16-35(31)43-38)27-19-17-26(18-20-27)29-21-22-34-32(25-29)30-13-5-7-15-33(30)40(34)23-9-2-10-24-40/h1,3-8,11-22,25H,2,9-10,23-24H2. The monoisotopic (exact) mass is 554 g/mol. The van der Waals surface area contributed by atoms with E-state index in [4.69, 9.17) is 14.4 Å². The molecule has 0 atom stereocenters. The van der Waals surface area contributed by atoms with Gasteiger partial charge in [-0.3, -0.25) is 0 Å². The van der Waals surface area contributed by atoms with Crippen LogP contribution in [-0.4, -0.2) is 9.97 Å². The van der Waals surface area contributed by atoms with Crippen molar-refractivity contribution in [3.05, 3.63) is 132 Å². The first-order chi connectivity index (χ1) is 21.3. The largest absolute Gasteiger partial charge is 0.452 e. The highest BCUT2D eigenvalue weighted by atomic mass is 16.3. The number of fused-ring (bicyclic) bond motifs is 8. The van der Waals surface area contributed by atoms with Gasteiger partial charge in [0.15, 0.2) is 11.4 Å². The summed E-state index contributed by atoms with van der Waals surface area (Å²) in [6, 6.07) is 43.3. The van der Waals surface area contributed by atoms with Gasteiger partial charge in [-0.2, -0.15) is 0 Å². The summed E-state index contributed by atoms with van der Waals surface area (Å²) in [7, 11) is 0. The number of rotatable bonds is 3. The lowest BCUT2D eigenvalue weighted by Crippen LogP contribution is -2.27. The van der Waals surface area contributed by atoms with Crippen molar-refractivity contribution >= 4 is 22.1 Å². The number of furan rings is 1. The maximum Gasteiger partial charge on any atom is 0.180 e. The van der Waals surface area contributed by atoms with Crippen LogP contribution in [-0.2, 0) is 5.41 Å². The van der Waals surface area contributed by atoms with Crippen LogP contribution in [0, 0.1) is 0 Å². The van der Waals surface area contributed by atoms with E-state index in [1.807, 2.05) is 36.4 Å². The Morgan fingerprint density at radius 2 is 1.23 bits per heavy atom. The topological polar surface area (TPSA) is 38.9 Å². The minimum Gasteiger partial charge on any atom is -0.452 e. The normalized spacial score (nSPS) is 15.2. The highest BCUT2D eigenvalue weighted by Crippen LogP contribution is 2.56. The molecule has 0 N–H and O–H groups in total. The lowest BCUT2D eigenvalue weighted by molar-refractivity contribution is 0.353. The summed E-state index contributed by atoms with van der Waals surface area (Å²) >= 11 is 0. The van der Waals surface area contributed by atoms with Crippen LogP contribution < -0.4 is 0 Å². The first kappa shape index (κ1) is 24.6. The van der Waals surface area contributed by atoms with E-state index in [1.54, 1.807) is 0 Å². The van der Waals surface area contributed by atoms with E-state index >= 15 is 0 Å². The number of nitrogens with zero attached hydrogens (tertiary/aromatic N) is 2. The van der Waals surface area contributed by atoms with Crippen LogP contribution in [0.3, 0.4) is 0 Å². The van der Waals surface area contributed by atoms with Gasteiger partial charge >= 0.3 is 0 Å². The molecule has 2 heterocycles. The fourth-order valence-electron chi connectivity index (χ4n) is 7.66. The molecule has 1 fully saturated rings. The highest BCUT2D eigenvalue weighted by Gasteiger charge is 2.43. The first-order valence-electron chi connectivity index (χ1n) is 15.4. The Morgan fingerprint density at radius 1 is 0.535 bits per heavy atom. The van der Waals surface area contributed by atoms with Gasteiger partial charge in [0.25, 0.3) is 0 Å². The molecule has 3 nitrogen and oxygen atoms in total. The van der Waals surface area contributed by atoms with Gasteiger partial charge < -0.3 is 4.42 Å². The van der Waals surface area contributed by atoms with Crippen molar-refractivity contribution in [3.63, 3.8) is 0 Å². The van der Waals surface area contributed by atoms with Crippen molar-refractivity contribution in [2.24, 2.45) is 0 Å². The Bertz CT molecular complexity index is 2150. The molecule has 0 unspecified atom stereocenters. The SMILES string of the molecule is c1ccc(-c2nc(-c3ccc(-c4ccc5c(c4)-c4ccccc4C54CCCCC4)cc3)c3oc4ccccc4c3n2)cc1. The number of para-hydroxylation sites is 1. The molecule has 3 heteroatoms. The van der Waals surface area contributed by atoms with Crippen molar-refractivity contribution in [1.82, 2.24) is 9.97 Å². The molecular formula is C40H30N2O. The molecule has 0 bridgehead atoms. The van der Waals surface area contributed by atoms with Gasteiger partial charge in [0.1, 0.15) is 16.8 Å². The Morgan fingerprint density at radius 3 is 2.09 bits per heavy atom. The Balaban J connectivity index is 1.15. The zero-order valence-corrected chi connectivity index (χ0v) is 23.9. The summed E-state index contributed by atoms with van der Waals surface area (Å²) in [6.45, 7) is 0. The van der Waals surface area contributed by atoms with Crippen LogP contribution in [0.1, 0.15) is 43.2 Å². The molecule has 7 aromatic rings. The minimum absolute atomic E-state index is 0.188. The fourth-order valence-corrected chi connectivity index (χ4v) is 7.66. The van der Waals surface area contributed by atoms with Gasteiger partial charge in [-0.05, 0) is 64.4 Å². The molecule has 2 aromatic heterocycles. The van der Waals surface area contributed by atoms with Crippen LogP contribution in [0.25, 0.3) is 67.0 Å². The van der Waals surface area contributed by atoms with E-state index in [2.05, 4.69) is 84.9 Å². The summed E-state index contributed by atoms with van der Waals surface area (Å²) in [6.07, 6.45) is 6.48. The second kappa shape index (κ2) is 9.50. The average molecular weight is 555 g/mol. The third kappa shape index (κ3) is 3.74. The summed E-state index contributed by atoms with van der Waals surface area (Å²) in [4.78, 5) is 10.0. The van der Waals surface area contributed by atoms with E-state index in [9.17, 15) is 0 Å². The molecule has 43 heavy (non-hydrogen) atoms. The molecule has 0 aliphatic heterocycles. The summed E-state index contributed by atoms with van der Waals surface area (Å²) in [5.41, 5.74) is 13.7. The number of benzene rings is 5. The summed E-state index contributed by atoms with van der Waals surface area (Å²) < 4.78 is 6.36. The molecule has 9 rings (SSSR count). The fraction of sp³-hybridized carbons (Fsp3) is 0.150. The quantitative estimate of drug-likeness (QED) is 0.218. The maximum absolute atomic E-state index is 6.36. The second-order valence-electron chi connectivity index (χ2n) is 12.1. The molecule has 206 valence electrons. The van der Waals surface area contributed by atoms with Gasteiger partial charge in [-0.1, -0.05) is 122 Å². The second-order valence-corrected chi connectivity index (χ2v) is 12.1. The Kier molecular flexibility index (Phi) is 5.43.